The van der Waals surface area contributed by atoms with Gasteiger partial charge in [0.1, 0.15) is 0 Å². The largest absolute Gasteiger partial charge is 0.366 e. The molecule has 10 heteroatoms. The Bertz CT molecular complexity index is 1200. The third kappa shape index (κ3) is 3.92. The third-order valence-electron chi connectivity index (χ3n) is 5.09. The van der Waals surface area contributed by atoms with Crippen LogP contribution >= 0.6 is 11.3 Å². The zero-order valence-electron chi connectivity index (χ0n) is 16.5. The van der Waals surface area contributed by atoms with Crippen molar-refractivity contribution in [2.75, 3.05) is 4.72 Å². The summed E-state index contributed by atoms with van der Waals surface area (Å²) in [5.41, 5.74) is 7.71. The predicted octanol–water partition coefficient (Wildman–Crippen LogP) is 2.93. The van der Waals surface area contributed by atoms with Gasteiger partial charge in [-0.05, 0) is 36.6 Å². The maximum absolute atomic E-state index is 12.2. The molecule has 4 rings (SSSR count). The van der Waals surface area contributed by atoms with Gasteiger partial charge >= 0.3 is 0 Å². The molecule has 0 spiro atoms. The molecule has 1 fully saturated rings. The predicted molar refractivity (Wildman–Crippen MR) is 116 cm³/mol. The van der Waals surface area contributed by atoms with Crippen LogP contribution < -0.4 is 10.5 Å². The van der Waals surface area contributed by atoms with Gasteiger partial charge in [0, 0.05) is 23.2 Å². The molecule has 3 N–H and O–H groups in total. The monoisotopic (exact) mass is 443 g/mol. The van der Waals surface area contributed by atoms with Crippen molar-refractivity contribution in [3.63, 3.8) is 0 Å². The number of primary amides is 1. The zero-order chi connectivity index (χ0) is 21.5. The van der Waals surface area contributed by atoms with Gasteiger partial charge in [-0.2, -0.15) is 0 Å². The lowest BCUT2D eigenvalue weighted by Crippen LogP contribution is -2.23. The van der Waals surface area contributed by atoms with Gasteiger partial charge < -0.3 is 5.73 Å². The molecular weight excluding hydrogens is 422 g/mol. The molecule has 3 heterocycles. The Morgan fingerprint density at radius 1 is 1.27 bits per heavy atom. The molecule has 1 aliphatic carbocycles. The fourth-order valence-electron chi connectivity index (χ4n) is 3.11. The van der Waals surface area contributed by atoms with Gasteiger partial charge in [0.25, 0.3) is 0 Å². The van der Waals surface area contributed by atoms with E-state index in [2.05, 4.69) is 19.7 Å². The molecule has 0 aromatic carbocycles. The number of thiazole rings is 1. The summed E-state index contributed by atoms with van der Waals surface area (Å²) in [5.74, 6) is -0.580. The number of nitrogens with one attached hydrogen (secondary N) is 1. The van der Waals surface area contributed by atoms with E-state index in [1.165, 1.54) is 17.5 Å². The number of nitrogens with two attached hydrogens (primary N) is 1. The first-order valence-electron chi connectivity index (χ1n) is 9.38. The summed E-state index contributed by atoms with van der Waals surface area (Å²) in [7, 11) is -3.39. The molecule has 3 aromatic heterocycles. The second kappa shape index (κ2) is 7.44. The average Bonchev–Trinajstić information content (AvgIpc) is 3.49. The van der Waals surface area contributed by atoms with Gasteiger partial charge in [-0.25, -0.2) is 13.4 Å². The first-order valence-corrected chi connectivity index (χ1v) is 11.8. The van der Waals surface area contributed by atoms with E-state index in [1.54, 1.807) is 12.3 Å². The van der Waals surface area contributed by atoms with E-state index in [0.717, 1.165) is 5.56 Å². The highest BCUT2D eigenvalue weighted by Crippen LogP contribution is 2.39. The molecule has 0 radical (unpaired) electrons. The van der Waals surface area contributed by atoms with Crippen molar-refractivity contribution in [3.05, 3.63) is 58.9 Å². The zero-order valence-corrected chi connectivity index (χ0v) is 18.1. The van der Waals surface area contributed by atoms with E-state index in [4.69, 9.17) is 5.73 Å². The summed E-state index contributed by atoms with van der Waals surface area (Å²) in [6.07, 6.45) is 4.46. The first-order chi connectivity index (χ1) is 14.2. The fraction of sp³-hybridized carbons (Fsp3) is 0.300. The minimum Gasteiger partial charge on any atom is -0.366 e. The molecule has 1 amide bonds. The summed E-state index contributed by atoms with van der Waals surface area (Å²) in [6, 6.07) is 7.20. The number of nitrogens with zero attached hydrogens (tertiary/aromatic N) is 3. The number of carbonyl (C=O) groups excluding carboxylic acids is 1. The summed E-state index contributed by atoms with van der Waals surface area (Å²) in [4.78, 5) is 25.1. The SMILES string of the molecule is CC(C)(c1csc(NS(=O)(=O)C2CC2)n1)c1cc(C(N)=O)cnc1-c1ccccn1. The van der Waals surface area contributed by atoms with Crippen LogP contribution in [0, 0.1) is 0 Å². The normalized spacial score (nSPS) is 14.5. The number of hydrogen-bond acceptors (Lipinski definition) is 7. The molecule has 0 saturated heterocycles. The quantitative estimate of drug-likeness (QED) is 0.578. The van der Waals surface area contributed by atoms with E-state index < -0.39 is 21.3 Å². The highest BCUT2D eigenvalue weighted by molar-refractivity contribution is 7.93. The van der Waals surface area contributed by atoms with Crippen LogP contribution in [-0.4, -0.2) is 34.5 Å². The van der Waals surface area contributed by atoms with E-state index in [9.17, 15) is 13.2 Å². The molecule has 8 nitrogen and oxygen atoms in total. The van der Waals surface area contributed by atoms with E-state index in [0.29, 0.717) is 35.1 Å². The van der Waals surface area contributed by atoms with Crippen LogP contribution in [0.4, 0.5) is 5.13 Å². The Kier molecular flexibility index (Phi) is 5.07. The number of amides is 1. The Hall–Kier alpha value is -2.85. The van der Waals surface area contributed by atoms with Crippen LogP contribution in [0.2, 0.25) is 0 Å². The van der Waals surface area contributed by atoms with Crippen LogP contribution in [0.1, 0.15) is 48.3 Å². The molecular formula is C20H21N5O3S2. The fourth-order valence-corrected chi connectivity index (χ4v) is 5.59. The number of pyridine rings is 2. The Labute approximate surface area is 178 Å². The van der Waals surface area contributed by atoms with Crippen LogP contribution in [0.3, 0.4) is 0 Å². The standard InChI is InChI=1S/C20H21N5O3S2/c1-20(2,16-11-29-19(24-16)25-30(27,28)13-6-7-13)14-9-12(18(21)26)10-23-17(14)15-5-3-4-8-22-15/h3-5,8-11,13H,6-7H2,1-2H3,(H2,21,26)(H,24,25). The number of rotatable bonds is 7. The summed E-state index contributed by atoms with van der Waals surface area (Å²) < 4.78 is 27.0. The van der Waals surface area contributed by atoms with Crippen molar-refractivity contribution in [2.45, 2.75) is 37.4 Å². The number of aromatic nitrogens is 3. The van der Waals surface area contributed by atoms with E-state index >= 15 is 0 Å². The van der Waals surface area contributed by atoms with Gasteiger partial charge in [-0.15, -0.1) is 11.3 Å². The van der Waals surface area contributed by atoms with Crippen molar-refractivity contribution in [2.24, 2.45) is 5.73 Å². The van der Waals surface area contributed by atoms with Gasteiger partial charge in [0.2, 0.25) is 15.9 Å². The number of sulfonamides is 1. The van der Waals surface area contributed by atoms with Gasteiger partial charge in [0.05, 0.1) is 27.9 Å². The maximum Gasteiger partial charge on any atom is 0.250 e. The van der Waals surface area contributed by atoms with Gasteiger partial charge in [-0.3, -0.25) is 19.5 Å². The molecule has 1 aliphatic rings. The summed E-state index contributed by atoms with van der Waals surface area (Å²) in [5, 5.41) is 1.80. The van der Waals surface area contributed by atoms with Crippen LogP contribution in [0.25, 0.3) is 11.4 Å². The van der Waals surface area contributed by atoms with Crippen LogP contribution in [0.15, 0.2) is 42.0 Å². The molecule has 0 bridgehead atoms. The number of hydrogen-bond donors (Lipinski definition) is 2. The first kappa shape index (κ1) is 20.4. The van der Waals surface area contributed by atoms with Gasteiger partial charge in [-0.1, -0.05) is 19.9 Å². The van der Waals surface area contributed by atoms with Crippen molar-refractivity contribution in [3.8, 4) is 11.4 Å². The summed E-state index contributed by atoms with van der Waals surface area (Å²) in [6.45, 7) is 3.88. The smallest absolute Gasteiger partial charge is 0.250 e. The molecule has 3 aromatic rings. The minimum atomic E-state index is -3.39. The van der Waals surface area contributed by atoms with Crippen molar-refractivity contribution < 1.29 is 13.2 Å². The topological polar surface area (TPSA) is 128 Å². The molecule has 0 aliphatic heterocycles. The second-order valence-corrected chi connectivity index (χ2v) is 10.5. The molecule has 0 unspecified atom stereocenters. The maximum atomic E-state index is 12.2. The number of anilines is 1. The minimum absolute atomic E-state index is 0.280. The highest BCUT2D eigenvalue weighted by Gasteiger charge is 2.37. The van der Waals surface area contributed by atoms with Crippen LogP contribution in [-0.2, 0) is 15.4 Å². The van der Waals surface area contributed by atoms with E-state index in [-0.39, 0.29) is 10.8 Å². The Morgan fingerprint density at radius 2 is 2.03 bits per heavy atom. The average molecular weight is 444 g/mol. The lowest BCUT2D eigenvalue weighted by molar-refractivity contribution is 0.1000. The molecule has 156 valence electrons. The lowest BCUT2D eigenvalue weighted by atomic mass is 9.80. The highest BCUT2D eigenvalue weighted by atomic mass is 32.2. The van der Waals surface area contributed by atoms with Gasteiger partial charge in [0.15, 0.2) is 5.13 Å². The number of carbonyl (C=O) groups is 1. The van der Waals surface area contributed by atoms with Crippen molar-refractivity contribution >= 4 is 32.4 Å². The Balaban J connectivity index is 1.76. The second-order valence-electron chi connectivity index (χ2n) is 7.71. The summed E-state index contributed by atoms with van der Waals surface area (Å²) >= 11 is 1.23. The third-order valence-corrected chi connectivity index (χ3v) is 7.80. The molecule has 1 saturated carbocycles. The van der Waals surface area contributed by atoms with Crippen LogP contribution in [0.5, 0.6) is 0 Å². The van der Waals surface area contributed by atoms with Crippen molar-refractivity contribution in [1.29, 1.82) is 0 Å². The van der Waals surface area contributed by atoms with E-state index in [1.807, 2.05) is 37.4 Å². The Morgan fingerprint density at radius 3 is 2.67 bits per heavy atom. The molecule has 30 heavy (non-hydrogen) atoms. The van der Waals surface area contributed by atoms with Crippen molar-refractivity contribution in [1.82, 2.24) is 15.0 Å². The molecule has 0 atom stereocenters. The lowest BCUT2D eigenvalue weighted by Gasteiger charge is -2.26.